The van der Waals surface area contributed by atoms with Gasteiger partial charge < -0.3 is 24.7 Å². The van der Waals surface area contributed by atoms with Gasteiger partial charge in [-0.25, -0.2) is 4.79 Å². The maximum absolute atomic E-state index is 13.0. The number of anilines is 1. The number of benzene rings is 1. The van der Waals surface area contributed by atoms with E-state index < -0.39 is 11.8 Å². The van der Waals surface area contributed by atoms with E-state index in [4.69, 9.17) is 19.6 Å². The van der Waals surface area contributed by atoms with Gasteiger partial charge in [-0.3, -0.25) is 4.79 Å². The van der Waals surface area contributed by atoms with E-state index >= 15 is 0 Å². The van der Waals surface area contributed by atoms with Crippen molar-refractivity contribution in [3.63, 3.8) is 0 Å². The van der Waals surface area contributed by atoms with Gasteiger partial charge in [0.15, 0.2) is 5.79 Å². The molecule has 29 heavy (non-hydrogen) atoms. The topological polar surface area (TPSA) is 125 Å². The second-order valence-corrected chi connectivity index (χ2v) is 7.26. The molecular formula is C21H18N2O6. The standard InChI is InChI=1S/C21H18N2O6/c22-18-15(20(25)26)10-14-17(24)13-9-12(1-2-16(13)29-19(14)23-18)11-3-5-21(6-4-11)27-7-8-28-21/h1-3,9-10H,4-8H2,(H2,22,23)(H,25,26). The monoisotopic (exact) mass is 394 g/mol. The molecule has 3 N–H and O–H groups in total. The number of fused-ring (bicyclic) bond motifs is 2. The van der Waals surface area contributed by atoms with Gasteiger partial charge in [0, 0.05) is 12.8 Å². The van der Waals surface area contributed by atoms with Gasteiger partial charge in [0.25, 0.3) is 0 Å². The van der Waals surface area contributed by atoms with Crippen LogP contribution in [-0.2, 0) is 9.47 Å². The maximum atomic E-state index is 13.0. The van der Waals surface area contributed by atoms with Crippen LogP contribution in [0.25, 0.3) is 27.6 Å². The summed E-state index contributed by atoms with van der Waals surface area (Å²) in [4.78, 5) is 28.3. The predicted octanol–water partition coefficient (Wildman–Crippen LogP) is 2.93. The lowest BCUT2D eigenvalue weighted by Crippen LogP contribution is -2.31. The summed E-state index contributed by atoms with van der Waals surface area (Å²) in [6.45, 7) is 1.23. The number of rotatable bonds is 2. The van der Waals surface area contributed by atoms with E-state index in [1.54, 1.807) is 12.1 Å². The Labute approximate surface area is 164 Å². The number of carboxylic acid groups (broad SMARTS) is 1. The molecule has 0 radical (unpaired) electrons. The molecule has 5 rings (SSSR count). The largest absolute Gasteiger partial charge is 0.478 e. The van der Waals surface area contributed by atoms with Crippen LogP contribution in [0.15, 0.2) is 39.6 Å². The fourth-order valence-electron chi connectivity index (χ4n) is 4.00. The van der Waals surface area contributed by atoms with E-state index in [2.05, 4.69) is 11.1 Å². The summed E-state index contributed by atoms with van der Waals surface area (Å²) < 4.78 is 17.2. The number of pyridine rings is 1. The lowest BCUT2D eigenvalue weighted by atomic mass is 9.89. The second-order valence-electron chi connectivity index (χ2n) is 7.26. The summed E-state index contributed by atoms with van der Waals surface area (Å²) in [6, 6.07) is 6.61. The van der Waals surface area contributed by atoms with E-state index in [0.717, 1.165) is 24.0 Å². The highest BCUT2D eigenvalue weighted by Gasteiger charge is 2.37. The summed E-state index contributed by atoms with van der Waals surface area (Å²) in [6.07, 6.45) is 4.28. The number of hydrogen-bond acceptors (Lipinski definition) is 7. The van der Waals surface area contributed by atoms with E-state index in [1.807, 2.05) is 6.07 Å². The zero-order valence-electron chi connectivity index (χ0n) is 15.4. The number of nitrogen functional groups attached to an aromatic ring is 1. The van der Waals surface area contributed by atoms with Crippen LogP contribution < -0.4 is 11.2 Å². The van der Waals surface area contributed by atoms with Crippen molar-refractivity contribution >= 4 is 39.4 Å². The van der Waals surface area contributed by atoms with Gasteiger partial charge in [-0.05, 0) is 35.8 Å². The first-order valence-electron chi connectivity index (χ1n) is 9.33. The first-order valence-corrected chi connectivity index (χ1v) is 9.33. The summed E-state index contributed by atoms with van der Waals surface area (Å²) in [5.74, 6) is -1.95. The first kappa shape index (κ1) is 17.8. The molecule has 0 saturated carbocycles. The van der Waals surface area contributed by atoms with Crippen molar-refractivity contribution < 1.29 is 23.8 Å². The lowest BCUT2D eigenvalue weighted by Gasteiger charge is -2.30. The molecule has 8 nitrogen and oxygen atoms in total. The fourth-order valence-corrected chi connectivity index (χ4v) is 4.00. The van der Waals surface area contributed by atoms with Crippen molar-refractivity contribution in [2.24, 2.45) is 0 Å². The first-order chi connectivity index (χ1) is 14.0. The van der Waals surface area contributed by atoms with Gasteiger partial charge in [-0.15, -0.1) is 0 Å². The van der Waals surface area contributed by atoms with Gasteiger partial charge in [0.05, 0.1) is 24.0 Å². The summed E-state index contributed by atoms with van der Waals surface area (Å²) in [5.41, 5.74) is 7.52. The fraction of sp³-hybridized carbons (Fsp3) is 0.286. The molecule has 1 aliphatic heterocycles. The minimum atomic E-state index is -1.25. The van der Waals surface area contributed by atoms with E-state index in [0.29, 0.717) is 30.6 Å². The maximum Gasteiger partial charge on any atom is 0.339 e. The number of allylic oxidation sites excluding steroid dienone is 1. The number of nitrogens with zero attached hydrogens (tertiary/aromatic N) is 1. The molecule has 0 bridgehead atoms. The average molecular weight is 394 g/mol. The minimum absolute atomic E-state index is 0.0205. The van der Waals surface area contributed by atoms with Crippen LogP contribution in [0.5, 0.6) is 0 Å². The van der Waals surface area contributed by atoms with E-state index in [1.165, 1.54) is 6.07 Å². The third kappa shape index (κ3) is 2.88. The lowest BCUT2D eigenvalue weighted by molar-refractivity contribution is -0.159. The highest BCUT2D eigenvalue weighted by atomic mass is 16.7. The molecule has 1 aromatic carbocycles. The number of hydrogen-bond donors (Lipinski definition) is 2. The van der Waals surface area contributed by atoms with E-state index in [9.17, 15) is 14.7 Å². The number of nitrogens with two attached hydrogens (primary N) is 1. The Balaban J connectivity index is 1.61. The Morgan fingerprint density at radius 1 is 1.17 bits per heavy atom. The molecule has 2 aliphatic rings. The molecule has 0 amide bonds. The second kappa shape index (κ2) is 6.40. The molecular weight excluding hydrogens is 376 g/mol. The van der Waals surface area contributed by atoms with Crippen LogP contribution >= 0.6 is 0 Å². The predicted molar refractivity (Wildman–Crippen MR) is 106 cm³/mol. The molecule has 1 saturated heterocycles. The molecule has 0 atom stereocenters. The van der Waals surface area contributed by atoms with Crippen LogP contribution in [0.3, 0.4) is 0 Å². The SMILES string of the molecule is Nc1nc2oc3ccc(C4=CCC5(CC4)OCCO5)cc3c(=O)c2cc1C(=O)O. The van der Waals surface area contributed by atoms with Crippen molar-refractivity contribution in [1.29, 1.82) is 0 Å². The van der Waals surface area contributed by atoms with Gasteiger partial charge in [-0.2, -0.15) is 4.98 Å². The number of carboxylic acids is 1. The molecule has 2 aromatic heterocycles. The van der Waals surface area contributed by atoms with Gasteiger partial charge in [0.1, 0.15) is 17.0 Å². The van der Waals surface area contributed by atoms with Crippen LogP contribution in [0, 0.1) is 0 Å². The summed E-state index contributed by atoms with van der Waals surface area (Å²) in [5, 5.41) is 9.71. The van der Waals surface area contributed by atoms with Crippen LogP contribution in [0.4, 0.5) is 5.82 Å². The Kier molecular flexibility index (Phi) is 3.94. The zero-order chi connectivity index (χ0) is 20.2. The number of aromatic nitrogens is 1. The molecule has 1 spiro atoms. The Bertz CT molecular complexity index is 1250. The van der Waals surface area contributed by atoms with Gasteiger partial charge in [0.2, 0.25) is 11.1 Å². The normalized spacial score (nSPS) is 18.4. The number of aromatic carboxylic acids is 1. The van der Waals surface area contributed by atoms with Crippen molar-refractivity contribution in [2.75, 3.05) is 18.9 Å². The molecule has 0 unspecified atom stereocenters. The van der Waals surface area contributed by atoms with Gasteiger partial charge >= 0.3 is 5.97 Å². The molecule has 8 heteroatoms. The smallest absolute Gasteiger partial charge is 0.339 e. The Morgan fingerprint density at radius 3 is 2.66 bits per heavy atom. The average Bonchev–Trinajstić information content (AvgIpc) is 3.16. The number of carbonyl (C=O) groups is 1. The van der Waals surface area contributed by atoms with Gasteiger partial charge in [-0.1, -0.05) is 12.1 Å². The summed E-state index contributed by atoms with van der Waals surface area (Å²) >= 11 is 0. The van der Waals surface area contributed by atoms with Crippen molar-refractivity contribution in [1.82, 2.24) is 4.98 Å². The molecule has 3 heterocycles. The number of ether oxygens (including phenoxy) is 2. The van der Waals surface area contributed by atoms with Crippen LogP contribution in [-0.4, -0.2) is 35.1 Å². The Hall–Kier alpha value is -3.23. The zero-order valence-corrected chi connectivity index (χ0v) is 15.4. The van der Waals surface area contributed by atoms with Crippen LogP contribution in [0.2, 0.25) is 0 Å². The van der Waals surface area contributed by atoms with Crippen molar-refractivity contribution in [3.8, 4) is 0 Å². The quantitative estimate of drug-likeness (QED) is 0.636. The van der Waals surface area contributed by atoms with E-state index in [-0.39, 0.29) is 27.9 Å². The molecule has 148 valence electrons. The molecule has 1 fully saturated rings. The van der Waals surface area contributed by atoms with Crippen LogP contribution in [0.1, 0.15) is 35.2 Å². The molecule has 1 aliphatic carbocycles. The summed E-state index contributed by atoms with van der Waals surface area (Å²) in [7, 11) is 0. The molecule has 3 aromatic rings. The minimum Gasteiger partial charge on any atom is -0.478 e. The third-order valence-corrected chi connectivity index (χ3v) is 5.54. The highest BCUT2D eigenvalue weighted by molar-refractivity contribution is 5.98. The highest BCUT2D eigenvalue weighted by Crippen LogP contribution is 2.38. The van der Waals surface area contributed by atoms with Crippen molar-refractivity contribution in [2.45, 2.75) is 25.0 Å². The Morgan fingerprint density at radius 2 is 1.97 bits per heavy atom. The van der Waals surface area contributed by atoms with Crippen molar-refractivity contribution in [3.05, 3.63) is 51.7 Å². The third-order valence-electron chi connectivity index (χ3n) is 5.54.